The van der Waals surface area contributed by atoms with E-state index >= 15 is 0 Å². The first-order valence-electron chi connectivity index (χ1n) is 9.39. The zero-order valence-electron chi connectivity index (χ0n) is 15.4. The molecular weight excluding hydrogens is 332 g/mol. The molecule has 2 aliphatic heterocycles. The summed E-state index contributed by atoms with van der Waals surface area (Å²) >= 11 is 1.95. The van der Waals surface area contributed by atoms with E-state index in [-0.39, 0.29) is 5.91 Å². The van der Waals surface area contributed by atoms with E-state index in [0.29, 0.717) is 25.4 Å². The van der Waals surface area contributed by atoms with Gasteiger partial charge in [-0.05, 0) is 29.9 Å². The molecule has 0 spiro atoms. The van der Waals surface area contributed by atoms with E-state index in [1.54, 1.807) is 0 Å². The highest BCUT2D eigenvalue weighted by Crippen LogP contribution is 2.26. The van der Waals surface area contributed by atoms with Crippen LogP contribution in [0, 0.1) is 0 Å². The Bertz CT molecular complexity index is 584. The summed E-state index contributed by atoms with van der Waals surface area (Å²) in [5.41, 5.74) is 1.24. The third-order valence-electron chi connectivity index (χ3n) is 5.31. The lowest BCUT2D eigenvalue weighted by Crippen LogP contribution is -2.59. The highest BCUT2D eigenvalue weighted by molar-refractivity contribution is 7.99. The molecule has 0 aliphatic carbocycles. The van der Waals surface area contributed by atoms with Gasteiger partial charge in [-0.2, -0.15) is 11.8 Å². The molecule has 2 aliphatic rings. The number of hydrogen-bond donors (Lipinski definition) is 1. The van der Waals surface area contributed by atoms with Gasteiger partial charge >= 0.3 is 0 Å². The molecule has 25 heavy (non-hydrogen) atoms. The number of carbonyl (C=O) groups is 1. The molecule has 0 aromatic heterocycles. The Morgan fingerprint density at radius 3 is 2.48 bits per heavy atom. The maximum atomic E-state index is 12.9. The standard InChI is InChI=1S/C20H30N2O2S/c1-16(2)18-6-4-17(5-7-18)14-22-9-3-8-20(24,19(22)23)15-21-10-12-25-13-11-21/h4-7,16,24H,3,8-15H2,1-2H3. The summed E-state index contributed by atoms with van der Waals surface area (Å²) in [5, 5.41) is 11.0. The Balaban J connectivity index is 1.64. The maximum absolute atomic E-state index is 12.9. The van der Waals surface area contributed by atoms with Crippen molar-refractivity contribution in [3.63, 3.8) is 0 Å². The van der Waals surface area contributed by atoms with Crippen LogP contribution in [0.2, 0.25) is 0 Å². The van der Waals surface area contributed by atoms with Gasteiger partial charge in [-0.3, -0.25) is 9.69 Å². The van der Waals surface area contributed by atoms with Crippen LogP contribution >= 0.6 is 11.8 Å². The number of benzene rings is 1. The first-order chi connectivity index (χ1) is 12.0. The normalized spacial score (nSPS) is 25.6. The van der Waals surface area contributed by atoms with Gasteiger partial charge in [-0.15, -0.1) is 0 Å². The molecule has 2 saturated heterocycles. The Morgan fingerprint density at radius 2 is 1.84 bits per heavy atom. The van der Waals surface area contributed by atoms with Crippen LogP contribution < -0.4 is 0 Å². The lowest BCUT2D eigenvalue weighted by atomic mass is 9.90. The van der Waals surface area contributed by atoms with Crippen LogP contribution in [-0.4, -0.2) is 64.1 Å². The highest BCUT2D eigenvalue weighted by atomic mass is 32.2. The number of likely N-dealkylation sites (tertiary alicyclic amines) is 1. The summed E-state index contributed by atoms with van der Waals surface area (Å²) in [6.45, 7) is 8.12. The summed E-state index contributed by atoms with van der Waals surface area (Å²) in [6, 6.07) is 8.51. The van der Waals surface area contributed by atoms with Gasteiger partial charge in [-0.1, -0.05) is 38.1 Å². The van der Waals surface area contributed by atoms with Gasteiger partial charge < -0.3 is 10.0 Å². The fraction of sp³-hybridized carbons (Fsp3) is 0.650. The third-order valence-corrected chi connectivity index (χ3v) is 6.25. The molecule has 1 aromatic carbocycles. The predicted octanol–water partition coefficient (Wildman–Crippen LogP) is 2.71. The molecule has 138 valence electrons. The van der Waals surface area contributed by atoms with Crippen LogP contribution in [0.5, 0.6) is 0 Å². The van der Waals surface area contributed by atoms with Crippen LogP contribution in [0.1, 0.15) is 43.7 Å². The number of nitrogens with zero attached hydrogens (tertiary/aromatic N) is 2. The minimum absolute atomic E-state index is 0.0927. The Hall–Kier alpha value is -1.04. The lowest BCUT2D eigenvalue weighted by molar-refractivity contribution is -0.160. The first-order valence-corrected chi connectivity index (χ1v) is 10.5. The largest absolute Gasteiger partial charge is 0.379 e. The van der Waals surface area contributed by atoms with E-state index in [9.17, 15) is 9.90 Å². The molecule has 1 unspecified atom stereocenters. The summed E-state index contributed by atoms with van der Waals surface area (Å²) < 4.78 is 0. The average Bonchev–Trinajstić information content (AvgIpc) is 2.60. The van der Waals surface area contributed by atoms with Crippen molar-refractivity contribution in [2.24, 2.45) is 0 Å². The zero-order valence-corrected chi connectivity index (χ0v) is 16.2. The number of hydrogen-bond acceptors (Lipinski definition) is 4. The smallest absolute Gasteiger partial charge is 0.256 e. The number of β-amino-alcohol motifs (C(OH)–C–C–N with tert-alkyl or cyclic N) is 1. The molecule has 0 radical (unpaired) electrons. The van der Waals surface area contributed by atoms with Crippen molar-refractivity contribution in [1.82, 2.24) is 9.80 Å². The molecule has 2 heterocycles. The van der Waals surface area contributed by atoms with Crippen molar-refractivity contribution in [1.29, 1.82) is 0 Å². The molecule has 1 amide bonds. The van der Waals surface area contributed by atoms with Gasteiger partial charge in [0, 0.05) is 44.2 Å². The van der Waals surface area contributed by atoms with Crippen molar-refractivity contribution >= 4 is 17.7 Å². The fourth-order valence-corrected chi connectivity index (χ4v) is 4.70. The predicted molar refractivity (Wildman–Crippen MR) is 104 cm³/mol. The van der Waals surface area contributed by atoms with Gasteiger partial charge in [0.15, 0.2) is 5.60 Å². The van der Waals surface area contributed by atoms with Crippen LogP contribution in [0.3, 0.4) is 0 Å². The van der Waals surface area contributed by atoms with Gasteiger partial charge in [0.2, 0.25) is 0 Å². The number of aliphatic hydroxyl groups is 1. The molecule has 0 bridgehead atoms. The lowest BCUT2D eigenvalue weighted by Gasteiger charge is -2.41. The molecule has 1 aromatic rings. The van der Waals surface area contributed by atoms with Gasteiger partial charge in [0.25, 0.3) is 5.91 Å². The number of piperidine rings is 1. The van der Waals surface area contributed by atoms with Crippen molar-refractivity contribution in [3.8, 4) is 0 Å². The van der Waals surface area contributed by atoms with Gasteiger partial charge in [-0.25, -0.2) is 0 Å². The van der Waals surface area contributed by atoms with E-state index in [4.69, 9.17) is 0 Å². The number of thioether (sulfide) groups is 1. The van der Waals surface area contributed by atoms with E-state index in [2.05, 4.69) is 43.0 Å². The van der Waals surface area contributed by atoms with Crippen molar-refractivity contribution in [2.75, 3.05) is 37.7 Å². The molecule has 2 fully saturated rings. The second-order valence-corrected chi connectivity index (χ2v) is 8.87. The molecule has 4 nitrogen and oxygen atoms in total. The third kappa shape index (κ3) is 4.57. The first kappa shape index (κ1) is 18.7. The Morgan fingerprint density at radius 1 is 1.16 bits per heavy atom. The summed E-state index contributed by atoms with van der Waals surface area (Å²) in [5.74, 6) is 2.61. The zero-order chi connectivity index (χ0) is 17.9. The van der Waals surface area contributed by atoms with Gasteiger partial charge in [0.1, 0.15) is 0 Å². The topological polar surface area (TPSA) is 43.8 Å². The van der Waals surface area contributed by atoms with Crippen LogP contribution in [0.4, 0.5) is 0 Å². The minimum atomic E-state index is -1.21. The average molecular weight is 363 g/mol. The molecule has 1 atom stereocenters. The summed E-state index contributed by atoms with van der Waals surface area (Å²) in [6.07, 6.45) is 1.45. The van der Waals surface area contributed by atoms with E-state index in [0.717, 1.165) is 43.1 Å². The number of amides is 1. The Labute approximate surface area is 155 Å². The second-order valence-electron chi connectivity index (χ2n) is 7.65. The minimum Gasteiger partial charge on any atom is -0.379 e. The Kier molecular flexibility index (Phi) is 6.08. The molecule has 3 rings (SSSR count). The van der Waals surface area contributed by atoms with Crippen LogP contribution in [0.15, 0.2) is 24.3 Å². The highest BCUT2D eigenvalue weighted by Gasteiger charge is 2.43. The molecular formula is C20H30N2O2S. The van der Waals surface area contributed by atoms with E-state index in [1.807, 2.05) is 16.7 Å². The van der Waals surface area contributed by atoms with E-state index in [1.165, 1.54) is 5.56 Å². The monoisotopic (exact) mass is 362 g/mol. The van der Waals surface area contributed by atoms with Gasteiger partial charge in [0.05, 0.1) is 0 Å². The second kappa shape index (κ2) is 8.11. The molecule has 0 saturated carbocycles. The van der Waals surface area contributed by atoms with Crippen LogP contribution in [-0.2, 0) is 11.3 Å². The maximum Gasteiger partial charge on any atom is 0.256 e. The van der Waals surface area contributed by atoms with Crippen molar-refractivity contribution in [2.45, 2.75) is 44.8 Å². The van der Waals surface area contributed by atoms with Crippen molar-refractivity contribution < 1.29 is 9.90 Å². The molecule has 5 heteroatoms. The summed E-state index contributed by atoms with van der Waals surface area (Å²) in [4.78, 5) is 17.0. The fourth-order valence-electron chi connectivity index (χ4n) is 3.72. The van der Waals surface area contributed by atoms with Crippen LogP contribution in [0.25, 0.3) is 0 Å². The summed E-state index contributed by atoms with van der Waals surface area (Å²) in [7, 11) is 0. The van der Waals surface area contributed by atoms with E-state index < -0.39 is 5.60 Å². The molecule has 1 N–H and O–H groups in total. The van der Waals surface area contributed by atoms with Crippen molar-refractivity contribution in [3.05, 3.63) is 35.4 Å². The SMILES string of the molecule is CC(C)c1ccc(CN2CCCC(O)(CN3CCSCC3)C2=O)cc1. The quantitative estimate of drug-likeness (QED) is 0.875. The number of rotatable bonds is 5. The number of carbonyl (C=O) groups excluding carboxylic acids is 1.